The predicted octanol–water partition coefficient (Wildman–Crippen LogP) is 2.34. The molecule has 0 atom stereocenters. The van der Waals surface area contributed by atoms with Gasteiger partial charge in [0.25, 0.3) is 0 Å². The Morgan fingerprint density at radius 2 is 2.10 bits per heavy atom. The Balaban J connectivity index is 1.94. The van der Waals surface area contributed by atoms with Gasteiger partial charge in [-0.3, -0.25) is 0 Å². The molecule has 114 valence electrons. The number of hydrogen-bond acceptors (Lipinski definition) is 4. The van der Waals surface area contributed by atoms with Crippen molar-refractivity contribution in [1.82, 2.24) is 25.5 Å². The van der Waals surface area contributed by atoms with E-state index in [1.165, 1.54) is 44.9 Å². The maximum Gasteiger partial charge on any atom is 0.175 e. The molecule has 1 N–H and O–H groups in total. The molecule has 0 aliphatic heterocycles. The van der Waals surface area contributed by atoms with E-state index in [4.69, 9.17) is 0 Å². The molecule has 0 aromatic carbocycles. The average Bonchev–Trinajstić information content (AvgIpc) is 2.84. The monoisotopic (exact) mass is 279 g/mol. The predicted molar refractivity (Wildman–Crippen MR) is 80.3 cm³/mol. The molecular weight excluding hydrogens is 250 g/mol. The van der Waals surface area contributed by atoms with Crippen LogP contribution in [0.25, 0.3) is 0 Å². The van der Waals surface area contributed by atoms with E-state index in [1.54, 1.807) is 4.80 Å². The molecule has 5 heteroatoms. The molecule has 1 heterocycles. The molecule has 1 fully saturated rings. The van der Waals surface area contributed by atoms with Gasteiger partial charge in [-0.25, -0.2) is 0 Å². The molecule has 0 unspecified atom stereocenters. The van der Waals surface area contributed by atoms with Crippen LogP contribution in [-0.2, 0) is 13.5 Å². The molecule has 1 aromatic rings. The van der Waals surface area contributed by atoms with Gasteiger partial charge >= 0.3 is 0 Å². The number of aryl methyl sites for hydroxylation is 1. The van der Waals surface area contributed by atoms with Crippen molar-refractivity contribution in [1.29, 1.82) is 0 Å². The third-order valence-corrected chi connectivity index (χ3v) is 4.77. The largest absolute Gasteiger partial charge is 0.319 e. The fraction of sp³-hybridized carbons (Fsp3) is 0.933. The van der Waals surface area contributed by atoms with Crippen LogP contribution in [-0.4, -0.2) is 33.8 Å². The van der Waals surface area contributed by atoms with E-state index in [2.05, 4.69) is 34.7 Å². The van der Waals surface area contributed by atoms with Crippen molar-refractivity contribution in [3.63, 3.8) is 0 Å². The first-order valence-electron chi connectivity index (χ1n) is 8.05. The highest BCUT2D eigenvalue weighted by Gasteiger charge is 2.35. The topological polar surface area (TPSA) is 55.6 Å². The average molecular weight is 279 g/mol. The lowest BCUT2D eigenvalue weighted by molar-refractivity contribution is 0.138. The van der Waals surface area contributed by atoms with Crippen molar-refractivity contribution in [2.45, 2.75) is 58.3 Å². The zero-order valence-electron chi connectivity index (χ0n) is 13.2. The van der Waals surface area contributed by atoms with Gasteiger partial charge in [0, 0.05) is 13.0 Å². The molecule has 20 heavy (non-hydrogen) atoms. The van der Waals surface area contributed by atoms with Gasteiger partial charge in [-0.15, -0.1) is 10.2 Å². The molecule has 2 rings (SSSR count). The van der Waals surface area contributed by atoms with Gasteiger partial charge in [0.15, 0.2) is 5.82 Å². The Hall–Kier alpha value is -0.970. The zero-order valence-corrected chi connectivity index (χ0v) is 13.2. The summed E-state index contributed by atoms with van der Waals surface area (Å²) in [5.74, 6) is 1.84. The van der Waals surface area contributed by atoms with Crippen LogP contribution in [0.15, 0.2) is 0 Å². The summed E-state index contributed by atoms with van der Waals surface area (Å²) in [4.78, 5) is 1.56. The normalized spacial score (nSPS) is 26.9. The van der Waals surface area contributed by atoms with Crippen LogP contribution in [0, 0.1) is 11.3 Å². The Morgan fingerprint density at radius 3 is 2.65 bits per heavy atom. The van der Waals surface area contributed by atoms with Crippen molar-refractivity contribution in [3.8, 4) is 0 Å². The molecule has 0 saturated heterocycles. The summed E-state index contributed by atoms with van der Waals surface area (Å²) in [7, 11) is 3.89. The lowest BCUT2D eigenvalue weighted by atomic mass is 9.67. The standard InChI is InChI=1S/C15H29N5/c1-4-5-6-13-7-9-15(10-8-13,12-16-2)11-14-17-19-20(3)18-14/h13,16H,4-12H2,1-3H3. The zero-order chi connectivity index (χ0) is 14.4. The minimum Gasteiger partial charge on any atom is -0.319 e. The highest BCUT2D eigenvalue weighted by atomic mass is 15.6. The van der Waals surface area contributed by atoms with Gasteiger partial charge in [-0.05, 0) is 49.3 Å². The molecule has 1 aliphatic rings. The van der Waals surface area contributed by atoms with Crippen molar-refractivity contribution < 1.29 is 0 Å². The van der Waals surface area contributed by atoms with Crippen LogP contribution in [0.2, 0.25) is 0 Å². The number of nitrogens with one attached hydrogen (secondary N) is 1. The third kappa shape index (κ3) is 4.01. The maximum absolute atomic E-state index is 4.37. The second-order valence-electron chi connectivity index (χ2n) is 6.49. The van der Waals surface area contributed by atoms with Crippen molar-refractivity contribution >= 4 is 0 Å². The Morgan fingerprint density at radius 1 is 1.35 bits per heavy atom. The highest BCUT2D eigenvalue weighted by molar-refractivity contribution is 4.95. The molecule has 0 amide bonds. The Labute approximate surface area is 122 Å². The quantitative estimate of drug-likeness (QED) is 0.832. The summed E-state index contributed by atoms with van der Waals surface area (Å²) in [6.45, 7) is 3.35. The Bertz CT molecular complexity index is 393. The molecule has 1 aromatic heterocycles. The van der Waals surface area contributed by atoms with E-state index in [-0.39, 0.29) is 0 Å². The van der Waals surface area contributed by atoms with Crippen LogP contribution in [0.4, 0.5) is 0 Å². The van der Waals surface area contributed by atoms with E-state index in [1.807, 2.05) is 7.05 Å². The van der Waals surface area contributed by atoms with Crippen LogP contribution >= 0.6 is 0 Å². The lowest BCUT2D eigenvalue weighted by Crippen LogP contribution is -2.38. The number of rotatable bonds is 7. The number of tetrazole rings is 1. The fourth-order valence-electron chi connectivity index (χ4n) is 3.59. The van der Waals surface area contributed by atoms with Gasteiger partial charge in [-0.2, -0.15) is 4.80 Å². The van der Waals surface area contributed by atoms with E-state index in [0.29, 0.717) is 5.41 Å². The SMILES string of the molecule is CCCCC1CCC(CNC)(Cc2nnn(C)n2)CC1. The van der Waals surface area contributed by atoms with Crippen LogP contribution < -0.4 is 5.32 Å². The number of unbranched alkanes of at least 4 members (excludes halogenated alkanes) is 1. The second-order valence-corrected chi connectivity index (χ2v) is 6.49. The van der Waals surface area contributed by atoms with Gasteiger partial charge in [-0.1, -0.05) is 26.2 Å². The summed E-state index contributed by atoms with van der Waals surface area (Å²) >= 11 is 0. The highest BCUT2D eigenvalue weighted by Crippen LogP contribution is 2.42. The first-order valence-corrected chi connectivity index (χ1v) is 8.05. The minimum atomic E-state index is 0.334. The van der Waals surface area contributed by atoms with E-state index >= 15 is 0 Å². The fourth-order valence-corrected chi connectivity index (χ4v) is 3.59. The molecule has 5 nitrogen and oxygen atoms in total. The van der Waals surface area contributed by atoms with Crippen LogP contribution in [0.5, 0.6) is 0 Å². The second kappa shape index (κ2) is 7.16. The number of hydrogen-bond donors (Lipinski definition) is 1. The Kier molecular flexibility index (Phi) is 5.52. The third-order valence-electron chi connectivity index (χ3n) is 4.77. The summed E-state index contributed by atoms with van der Waals surface area (Å²) in [6, 6.07) is 0. The summed E-state index contributed by atoms with van der Waals surface area (Å²) < 4.78 is 0. The molecular formula is C15H29N5. The van der Waals surface area contributed by atoms with Gasteiger partial charge in [0.2, 0.25) is 0 Å². The summed E-state index contributed by atoms with van der Waals surface area (Å²) in [5.41, 5.74) is 0.334. The molecule has 1 saturated carbocycles. The van der Waals surface area contributed by atoms with Crippen molar-refractivity contribution in [2.75, 3.05) is 13.6 Å². The minimum absolute atomic E-state index is 0.334. The molecule has 0 radical (unpaired) electrons. The number of nitrogens with zero attached hydrogens (tertiary/aromatic N) is 4. The molecule has 1 aliphatic carbocycles. The van der Waals surface area contributed by atoms with Crippen LogP contribution in [0.1, 0.15) is 57.7 Å². The first-order chi connectivity index (χ1) is 9.67. The van der Waals surface area contributed by atoms with Gasteiger partial charge < -0.3 is 5.32 Å². The lowest BCUT2D eigenvalue weighted by Gasteiger charge is -2.39. The molecule has 0 spiro atoms. The van der Waals surface area contributed by atoms with Crippen molar-refractivity contribution in [2.24, 2.45) is 18.4 Å². The van der Waals surface area contributed by atoms with E-state index < -0.39 is 0 Å². The van der Waals surface area contributed by atoms with E-state index in [0.717, 1.165) is 24.7 Å². The maximum atomic E-state index is 4.37. The van der Waals surface area contributed by atoms with Crippen LogP contribution in [0.3, 0.4) is 0 Å². The first kappa shape index (κ1) is 15.4. The molecule has 0 bridgehead atoms. The van der Waals surface area contributed by atoms with E-state index in [9.17, 15) is 0 Å². The number of aromatic nitrogens is 4. The smallest absolute Gasteiger partial charge is 0.175 e. The van der Waals surface area contributed by atoms with Crippen molar-refractivity contribution in [3.05, 3.63) is 5.82 Å². The van der Waals surface area contributed by atoms with Gasteiger partial charge in [0.05, 0.1) is 7.05 Å². The van der Waals surface area contributed by atoms with Gasteiger partial charge in [0.1, 0.15) is 0 Å². The summed E-state index contributed by atoms with van der Waals surface area (Å²) in [6.07, 6.45) is 10.4. The summed E-state index contributed by atoms with van der Waals surface area (Å²) in [5, 5.41) is 15.9.